The number of halogens is 1. The molecule has 1 heterocycles. The summed E-state index contributed by atoms with van der Waals surface area (Å²) in [5.74, 6) is 0. The van der Waals surface area contributed by atoms with E-state index in [1.807, 2.05) is 4.72 Å². The van der Waals surface area contributed by atoms with Crippen LogP contribution in [0.5, 0.6) is 0 Å². The van der Waals surface area contributed by atoms with Gasteiger partial charge in [-0.15, -0.1) is 0 Å². The monoisotopic (exact) mass is 256 g/mol. The maximum atomic E-state index is 12.2. The van der Waals surface area contributed by atoms with Crippen LogP contribution in [-0.2, 0) is 10.4 Å². The van der Waals surface area contributed by atoms with Crippen molar-refractivity contribution in [1.82, 2.24) is 4.72 Å². The van der Waals surface area contributed by atoms with Gasteiger partial charge in [-0.2, -0.15) is 13.1 Å². The molecule has 0 amide bonds. The lowest BCUT2D eigenvalue weighted by atomic mass is 10.4. The molecule has 0 radical (unpaired) electrons. The SMILES string of the molecule is CCC[P+]1(CCNS(=O)(=O)F)CCCC1. The van der Waals surface area contributed by atoms with E-state index >= 15 is 0 Å². The number of hydrogen-bond donors (Lipinski definition) is 1. The first-order valence-electron chi connectivity index (χ1n) is 5.52. The summed E-state index contributed by atoms with van der Waals surface area (Å²) < 4.78 is 34.8. The van der Waals surface area contributed by atoms with E-state index in [0.717, 1.165) is 12.6 Å². The van der Waals surface area contributed by atoms with Crippen LogP contribution in [0.1, 0.15) is 26.2 Å². The minimum atomic E-state index is -4.49. The Morgan fingerprint density at radius 2 is 1.87 bits per heavy atom. The van der Waals surface area contributed by atoms with Gasteiger partial charge in [0.1, 0.15) is 0 Å². The molecule has 0 aromatic carbocycles. The molecule has 1 N–H and O–H groups in total. The molecule has 0 atom stereocenters. The van der Waals surface area contributed by atoms with Crippen molar-refractivity contribution >= 4 is 17.7 Å². The molecule has 1 saturated heterocycles. The van der Waals surface area contributed by atoms with E-state index in [9.17, 15) is 12.3 Å². The van der Waals surface area contributed by atoms with Crippen LogP contribution >= 0.6 is 7.26 Å². The van der Waals surface area contributed by atoms with Gasteiger partial charge < -0.3 is 0 Å². The van der Waals surface area contributed by atoms with Gasteiger partial charge in [0.05, 0.1) is 24.6 Å². The summed E-state index contributed by atoms with van der Waals surface area (Å²) in [6.07, 6.45) is 8.37. The average Bonchev–Trinajstić information content (AvgIpc) is 2.52. The maximum absolute atomic E-state index is 12.2. The maximum Gasteiger partial charge on any atom is 0.372 e. The molecular formula is C9H20FNO2PS+. The Hall–Kier alpha value is 0.270. The van der Waals surface area contributed by atoms with Gasteiger partial charge in [0.2, 0.25) is 0 Å². The Morgan fingerprint density at radius 3 is 2.33 bits per heavy atom. The van der Waals surface area contributed by atoms with Crippen LogP contribution in [0.3, 0.4) is 0 Å². The van der Waals surface area contributed by atoms with Gasteiger partial charge in [0.15, 0.2) is 0 Å². The fourth-order valence-corrected chi connectivity index (χ4v) is 7.61. The summed E-state index contributed by atoms with van der Waals surface area (Å²) in [6, 6.07) is 0. The molecule has 15 heavy (non-hydrogen) atoms. The minimum Gasteiger partial charge on any atom is -0.185 e. The average molecular weight is 256 g/mol. The molecule has 0 aromatic heterocycles. The standard InChI is InChI=1S/C9H20FNO2PS/c1-2-6-14(7-3-4-8-14)9-5-11-15(10,12)13/h11H,2-9H2,1H3/q+1. The Kier molecular flexibility index (Phi) is 4.94. The van der Waals surface area contributed by atoms with Crippen molar-refractivity contribution in [2.75, 3.05) is 31.2 Å². The topological polar surface area (TPSA) is 46.2 Å². The van der Waals surface area contributed by atoms with Gasteiger partial charge >= 0.3 is 10.4 Å². The van der Waals surface area contributed by atoms with Crippen LogP contribution in [0.15, 0.2) is 0 Å². The molecule has 0 spiro atoms. The molecule has 0 unspecified atom stereocenters. The Morgan fingerprint density at radius 1 is 1.27 bits per heavy atom. The van der Waals surface area contributed by atoms with E-state index in [1.165, 1.54) is 31.3 Å². The normalized spacial score (nSPS) is 20.7. The molecule has 1 rings (SSSR count). The third-order valence-electron chi connectivity index (χ3n) is 3.07. The second-order valence-electron chi connectivity index (χ2n) is 4.28. The van der Waals surface area contributed by atoms with Crippen LogP contribution in [0.25, 0.3) is 0 Å². The Bertz CT molecular complexity index is 288. The minimum absolute atomic E-state index is 0.284. The first kappa shape index (κ1) is 13.3. The predicted molar refractivity (Wildman–Crippen MR) is 63.9 cm³/mol. The Balaban J connectivity index is 2.39. The quantitative estimate of drug-likeness (QED) is 0.583. The molecule has 0 saturated carbocycles. The van der Waals surface area contributed by atoms with Crippen molar-refractivity contribution in [3.63, 3.8) is 0 Å². The summed E-state index contributed by atoms with van der Waals surface area (Å²) in [4.78, 5) is 0. The molecule has 6 heteroatoms. The number of nitrogens with one attached hydrogen (secondary N) is 1. The van der Waals surface area contributed by atoms with Gasteiger partial charge in [-0.3, -0.25) is 0 Å². The van der Waals surface area contributed by atoms with E-state index in [1.54, 1.807) is 0 Å². The zero-order valence-corrected chi connectivity index (χ0v) is 10.9. The van der Waals surface area contributed by atoms with Gasteiger partial charge in [0.25, 0.3) is 0 Å². The molecule has 1 fully saturated rings. The fourth-order valence-electron chi connectivity index (χ4n) is 2.44. The summed E-state index contributed by atoms with van der Waals surface area (Å²) in [7, 11) is -5.42. The lowest BCUT2D eigenvalue weighted by molar-refractivity contribution is 0.538. The van der Waals surface area contributed by atoms with Gasteiger partial charge in [-0.1, -0.05) is 10.8 Å². The molecule has 1 aliphatic rings. The van der Waals surface area contributed by atoms with E-state index < -0.39 is 17.7 Å². The highest BCUT2D eigenvalue weighted by Gasteiger charge is 2.39. The van der Waals surface area contributed by atoms with Crippen molar-refractivity contribution in [3.05, 3.63) is 0 Å². The highest BCUT2D eigenvalue weighted by Crippen LogP contribution is 2.63. The molecule has 1 aliphatic heterocycles. The summed E-state index contributed by atoms with van der Waals surface area (Å²) in [5.41, 5.74) is 0. The van der Waals surface area contributed by atoms with Crippen LogP contribution in [0.2, 0.25) is 0 Å². The van der Waals surface area contributed by atoms with Crippen molar-refractivity contribution in [2.45, 2.75) is 26.2 Å². The van der Waals surface area contributed by atoms with Crippen molar-refractivity contribution in [2.24, 2.45) is 0 Å². The van der Waals surface area contributed by atoms with Crippen molar-refractivity contribution in [1.29, 1.82) is 0 Å². The molecule has 3 nitrogen and oxygen atoms in total. The van der Waals surface area contributed by atoms with Crippen molar-refractivity contribution < 1.29 is 12.3 Å². The smallest absolute Gasteiger partial charge is 0.185 e. The van der Waals surface area contributed by atoms with Gasteiger partial charge in [-0.05, 0) is 19.3 Å². The second kappa shape index (κ2) is 5.55. The number of rotatable bonds is 6. The zero-order valence-electron chi connectivity index (χ0n) is 9.21. The summed E-state index contributed by atoms with van der Waals surface area (Å²) >= 11 is 0. The lowest BCUT2D eigenvalue weighted by Gasteiger charge is -2.21. The molecule has 0 bridgehead atoms. The van der Waals surface area contributed by atoms with Gasteiger partial charge in [0, 0.05) is 13.8 Å². The van der Waals surface area contributed by atoms with Crippen LogP contribution in [0.4, 0.5) is 3.89 Å². The fraction of sp³-hybridized carbons (Fsp3) is 1.00. The lowest BCUT2D eigenvalue weighted by Crippen LogP contribution is -2.24. The van der Waals surface area contributed by atoms with E-state index in [4.69, 9.17) is 0 Å². The third kappa shape index (κ3) is 4.75. The molecular weight excluding hydrogens is 236 g/mol. The molecule has 0 aliphatic carbocycles. The predicted octanol–water partition coefficient (Wildman–Crippen LogP) is 2.01. The van der Waals surface area contributed by atoms with E-state index in [-0.39, 0.29) is 6.54 Å². The molecule has 90 valence electrons. The zero-order chi connectivity index (χ0) is 11.4. The Labute approximate surface area is 92.5 Å². The summed E-state index contributed by atoms with van der Waals surface area (Å²) in [6.45, 7) is 2.45. The highest BCUT2D eigenvalue weighted by molar-refractivity contribution is 7.84. The number of hydrogen-bond acceptors (Lipinski definition) is 2. The second-order valence-corrected chi connectivity index (χ2v) is 9.91. The van der Waals surface area contributed by atoms with E-state index in [0.29, 0.717) is 0 Å². The van der Waals surface area contributed by atoms with Crippen molar-refractivity contribution in [3.8, 4) is 0 Å². The first-order chi connectivity index (χ1) is 6.97. The van der Waals surface area contributed by atoms with Crippen LogP contribution < -0.4 is 4.72 Å². The largest absolute Gasteiger partial charge is 0.372 e. The first-order valence-corrected chi connectivity index (χ1v) is 9.43. The van der Waals surface area contributed by atoms with Crippen LogP contribution in [-0.4, -0.2) is 39.6 Å². The highest BCUT2D eigenvalue weighted by atomic mass is 32.3. The van der Waals surface area contributed by atoms with E-state index in [2.05, 4.69) is 6.92 Å². The van der Waals surface area contributed by atoms with Crippen LogP contribution in [0, 0.1) is 0 Å². The summed E-state index contributed by atoms with van der Waals surface area (Å²) in [5, 5.41) is 0. The third-order valence-corrected chi connectivity index (χ3v) is 8.72. The van der Waals surface area contributed by atoms with Gasteiger partial charge in [-0.25, -0.2) is 0 Å². The molecule has 0 aromatic rings.